The second-order valence-corrected chi connectivity index (χ2v) is 8.68. The molecule has 0 aliphatic heterocycles. The lowest BCUT2D eigenvalue weighted by molar-refractivity contribution is -0.137. The van der Waals surface area contributed by atoms with E-state index in [1.165, 1.54) is 24.3 Å². The highest BCUT2D eigenvalue weighted by Gasteiger charge is 2.30. The summed E-state index contributed by atoms with van der Waals surface area (Å²) in [6.07, 6.45) is -4.40. The second-order valence-electron chi connectivity index (χ2n) is 7.70. The first-order valence-corrected chi connectivity index (χ1v) is 11.4. The van der Waals surface area contributed by atoms with Crippen LogP contribution in [-0.4, -0.2) is 28.1 Å². The number of rotatable bonds is 7. The molecule has 0 bridgehead atoms. The molecule has 1 aromatic heterocycles. The van der Waals surface area contributed by atoms with Crippen LogP contribution in [0.5, 0.6) is 0 Å². The second kappa shape index (κ2) is 10.6. The van der Waals surface area contributed by atoms with Crippen LogP contribution in [0.3, 0.4) is 0 Å². The first-order chi connectivity index (χ1) is 17.2. The molecule has 4 aromatic rings. The Kier molecular flexibility index (Phi) is 7.39. The predicted molar refractivity (Wildman–Crippen MR) is 127 cm³/mol. The zero-order valence-corrected chi connectivity index (χ0v) is 19.2. The van der Waals surface area contributed by atoms with Gasteiger partial charge in [0.2, 0.25) is 11.0 Å². The van der Waals surface area contributed by atoms with Gasteiger partial charge in [-0.1, -0.05) is 41.7 Å². The van der Waals surface area contributed by atoms with Gasteiger partial charge in [0.15, 0.2) is 0 Å². The fraction of sp³-hybridized carbons (Fsp3) is 0.120. The molecule has 0 saturated carbocycles. The van der Waals surface area contributed by atoms with Gasteiger partial charge in [-0.3, -0.25) is 14.9 Å². The van der Waals surface area contributed by atoms with Crippen molar-refractivity contribution in [2.24, 2.45) is 0 Å². The van der Waals surface area contributed by atoms with Gasteiger partial charge < -0.3 is 5.32 Å². The maximum Gasteiger partial charge on any atom is 0.416 e. The van der Waals surface area contributed by atoms with Crippen molar-refractivity contribution in [3.8, 4) is 10.6 Å². The Labute approximate surface area is 207 Å². The molecule has 11 heteroatoms. The van der Waals surface area contributed by atoms with E-state index in [9.17, 15) is 27.2 Å². The van der Waals surface area contributed by atoms with Gasteiger partial charge >= 0.3 is 6.18 Å². The third-order valence-corrected chi connectivity index (χ3v) is 6.01. The fourth-order valence-corrected chi connectivity index (χ4v) is 4.04. The number of halogens is 4. The monoisotopic (exact) mass is 514 g/mol. The molecule has 0 radical (unpaired) electrons. The van der Waals surface area contributed by atoms with Crippen LogP contribution in [0.25, 0.3) is 10.6 Å². The lowest BCUT2D eigenvalue weighted by atomic mass is 10.0. The Morgan fingerprint density at radius 3 is 2.19 bits per heavy atom. The summed E-state index contributed by atoms with van der Waals surface area (Å²) in [5, 5.41) is 13.8. The largest absolute Gasteiger partial charge is 0.416 e. The van der Waals surface area contributed by atoms with Crippen molar-refractivity contribution in [3.05, 3.63) is 101 Å². The van der Waals surface area contributed by atoms with Crippen molar-refractivity contribution in [2.45, 2.75) is 18.6 Å². The van der Waals surface area contributed by atoms with E-state index < -0.39 is 35.4 Å². The van der Waals surface area contributed by atoms with Crippen LogP contribution in [0.15, 0.2) is 78.9 Å². The molecular weight excluding hydrogens is 496 g/mol. The number of nitrogens with one attached hydrogen (secondary N) is 2. The number of carbonyl (C=O) groups is 2. The molecule has 0 aliphatic carbocycles. The van der Waals surface area contributed by atoms with Crippen LogP contribution in [0, 0.1) is 5.82 Å². The van der Waals surface area contributed by atoms with Crippen LogP contribution >= 0.6 is 11.3 Å². The number of carbonyl (C=O) groups excluding carboxylic acids is 2. The lowest BCUT2D eigenvalue weighted by Crippen LogP contribution is -2.45. The number of nitrogens with zero attached hydrogens (tertiary/aromatic N) is 2. The van der Waals surface area contributed by atoms with Crippen LogP contribution in [0.1, 0.15) is 21.5 Å². The number of benzene rings is 3. The average Bonchev–Trinajstić information content (AvgIpc) is 3.32. The highest BCUT2D eigenvalue weighted by Crippen LogP contribution is 2.29. The quantitative estimate of drug-likeness (QED) is 0.326. The summed E-state index contributed by atoms with van der Waals surface area (Å²) < 4.78 is 51.7. The standard InChI is InChI=1S/C25H18F4N4O2S/c26-19-12-8-17(9-13-19)23-32-33-24(36-23)31-22(35)20(14-15-4-2-1-3-5-15)30-21(34)16-6-10-18(11-7-16)25(27,28)29/h1-13,20H,14H2,(H,30,34)(H,31,33,35)/t20-/m0/s1. The summed E-state index contributed by atoms with van der Waals surface area (Å²) in [5.41, 5.74) is 0.467. The Morgan fingerprint density at radius 1 is 0.889 bits per heavy atom. The summed E-state index contributed by atoms with van der Waals surface area (Å²) in [7, 11) is 0. The molecule has 0 fully saturated rings. The van der Waals surface area contributed by atoms with E-state index >= 15 is 0 Å². The van der Waals surface area contributed by atoms with Gasteiger partial charge in [0.05, 0.1) is 5.56 Å². The third kappa shape index (κ3) is 6.30. The summed E-state index contributed by atoms with van der Waals surface area (Å²) in [4.78, 5) is 25.8. The van der Waals surface area contributed by atoms with Crippen LogP contribution in [0.4, 0.5) is 22.7 Å². The van der Waals surface area contributed by atoms with Crippen LogP contribution in [0.2, 0.25) is 0 Å². The number of aromatic nitrogens is 2. The molecule has 0 aliphatic rings. The van der Waals surface area contributed by atoms with Gasteiger partial charge in [-0.15, -0.1) is 10.2 Å². The minimum atomic E-state index is -4.53. The van der Waals surface area contributed by atoms with Crippen molar-refractivity contribution >= 4 is 28.3 Å². The van der Waals surface area contributed by atoms with Gasteiger partial charge in [0.25, 0.3) is 5.91 Å². The zero-order valence-electron chi connectivity index (χ0n) is 18.4. The smallest absolute Gasteiger partial charge is 0.340 e. The maximum atomic E-state index is 13.2. The van der Waals surface area contributed by atoms with Crippen molar-refractivity contribution < 1.29 is 27.2 Å². The van der Waals surface area contributed by atoms with Gasteiger partial charge in [-0.25, -0.2) is 4.39 Å². The van der Waals surface area contributed by atoms with E-state index in [1.807, 2.05) is 0 Å². The molecule has 2 N–H and O–H groups in total. The topological polar surface area (TPSA) is 84.0 Å². The lowest BCUT2D eigenvalue weighted by Gasteiger charge is -2.18. The summed E-state index contributed by atoms with van der Waals surface area (Å²) >= 11 is 1.07. The summed E-state index contributed by atoms with van der Waals surface area (Å²) in [6.45, 7) is 0. The molecule has 184 valence electrons. The van der Waals surface area contributed by atoms with E-state index in [0.29, 0.717) is 10.6 Å². The first-order valence-electron chi connectivity index (χ1n) is 10.6. The minimum absolute atomic E-state index is 0.0247. The molecular formula is C25H18F4N4O2S. The SMILES string of the molecule is O=C(N[C@@H](Cc1ccccc1)C(=O)Nc1nnc(-c2ccc(F)cc2)s1)c1ccc(C(F)(F)F)cc1. The molecule has 1 heterocycles. The van der Waals surface area contributed by atoms with Crippen LogP contribution < -0.4 is 10.6 Å². The number of anilines is 1. The fourth-order valence-electron chi connectivity index (χ4n) is 3.29. The predicted octanol–water partition coefficient (Wildman–Crippen LogP) is 5.34. The number of hydrogen-bond acceptors (Lipinski definition) is 5. The third-order valence-electron chi connectivity index (χ3n) is 5.13. The molecule has 1 atom stereocenters. The number of alkyl halides is 3. The summed E-state index contributed by atoms with van der Waals surface area (Å²) in [5.74, 6) is -1.69. The first kappa shape index (κ1) is 25.0. The van der Waals surface area contributed by atoms with Gasteiger partial charge in [0, 0.05) is 17.5 Å². The maximum absolute atomic E-state index is 13.2. The van der Waals surface area contributed by atoms with E-state index in [-0.39, 0.29) is 17.1 Å². The van der Waals surface area contributed by atoms with E-state index in [1.54, 1.807) is 30.3 Å². The van der Waals surface area contributed by atoms with E-state index in [2.05, 4.69) is 20.8 Å². The highest BCUT2D eigenvalue weighted by atomic mass is 32.1. The molecule has 0 saturated heterocycles. The Balaban J connectivity index is 1.50. The highest BCUT2D eigenvalue weighted by molar-refractivity contribution is 7.18. The Morgan fingerprint density at radius 2 is 1.56 bits per heavy atom. The molecule has 6 nitrogen and oxygen atoms in total. The molecule has 0 spiro atoms. The van der Waals surface area contributed by atoms with E-state index in [4.69, 9.17) is 0 Å². The Bertz CT molecular complexity index is 1340. The van der Waals surface area contributed by atoms with Gasteiger partial charge in [-0.05, 0) is 54.1 Å². The zero-order chi connectivity index (χ0) is 25.7. The number of hydrogen-bond donors (Lipinski definition) is 2. The van der Waals surface area contributed by atoms with Crippen molar-refractivity contribution in [1.29, 1.82) is 0 Å². The van der Waals surface area contributed by atoms with Crippen molar-refractivity contribution in [1.82, 2.24) is 15.5 Å². The van der Waals surface area contributed by atoms with Gasteiger partial charge in [-0.2, -0.15) is 13.2 Å². The van der Waals surface area contributed by atoms with Gasteiger partial charge in [0.1, 0.15) is 16.9 Å². The average molecular weight is 515 g/mol. The molecule has 0 unspecified atom stereocenters. The molecule has 4 rings (SSSR count). The number of amides is 2. The minimum Gasteiger partial charge on any atom is -0.340 e. The molecule has 36 heavy (non-hydrogen) atoms. The Hall–Kier alpha value is -4.12. The summed E-state index contributed by atoms with van der Waals surface area (Å²) in [6, 6.07) is 17.2. The van der Waals surface area contributed by atoms with E-state index in [0.717, 1.165) is 41.2 Å². The molecule has 2 amide bonds. The van der Waals surface area contributed by atoms with Crippen molar-refractivity contribution in [3.63, 3.8) is 0 Å². The molecule has 3 aromatic carbocycles. The normalized spacial score (nSPS) is 12.1. The van der Waals surface area contributed by atoms with Crippen LogP contribution in [-0.2, 0) is 17.4 Å². The van der Waals surface area contributed by atoms with Crippen molar-refractivity contribution in [2.75, 3.05) is 5.32 Å².